The number of hydrogen-bond donors (Lipinski definition) is 1. The number of hydrogen-bond acceptors (Lipinski definition) is 2. The van der Waals surface area contributed by atoms with Gasteiger partial charge in [-0.1, -0.05) is 12.1 Å². The maximum absolute atomic E-state index is 11.8. The van der Waals surface area contributed by atoms with Crippen LogP contribution in [0.2, 0.25) is 0 Å². The molecule has 0 aliphatic heterocycles. The molecule has 2 aromatic rings. The zero-order valence-electron chi connectivity index (χ0n) is 8.61. The Labute approximate surface area is 119 Å². The van der Waals surface area contributed by atoms with Crippen LogP contribution in [0.4, 0.5) is 0 Å². The van der Waals surface area contributed by atoms with Crippen LogP contribution in [0, 0.1) is 3.57 Å². The number of aromatic amines is 1. The molecule has 0 aliphatic carbocycles. The van der Waals surface area contributed by atoms with Crippen LogP contribution in [-0.2, 0) is 6.54 Å². The quantitative estimate of drug-likeness (QED) is 0.775. The van der Waals surface area contributed by atoms with E-state index in [1.165, 1.54) is 6.20 Å². The topological polar surface area (TPSA) is 54.9 Å². The van der Waals surface area contributed by atoms with Crippen LogP contribution in [0.1, 0.15) is 5.56 Å². The second kappa shape index (κ2) is 5.18. The lowest BCUT2D eigenvalue weighted by Gasteiger charge is -2.04. The minimum absolute atomic E-state index is 0.268. The van der Waals surface area contributed by atoms with E-state index in [-0.39, 0.29) is 12.1 Å². The van der Waals surface area contributed by atoms with E-state index in [1.807, 2.05) is 24.3 Å². The fourth-order valence-electron chi connectivity index (χ4n) is 1.40. The van der Waals surface area contributed by atoms with Crippen LogP contribution in [0.15, 0.2) is 44.5 Å². The van der Waals surface area contributed by atoms with Crippen molar-refractivity contribution in [2.45, 2.75) is 6.54 Å². The van der Waals surface area contributed by atoms with Gasteiger partial charge < -0.3 is 4.98 Å². The lowest BCUT2D eigenvalue weighted by Crippen LogP contribution is -2.35. The summed E-state index contributed by atoms with van der Waals surface area (Å²) in [4.78, 5) is 25.8. The first-order valence-electron chi connectivity index (χ1n) is 4.80. The predicted molar refractivity (Wildman–Crippen MR) is 77.3 cm³/mol. The van der Waals surface area contributed by atoms with Crippen molar-refractivity contribution in [1.29, 1.82) is 0 Å². The highest BCUT2D eigenvalue weighted by atomic mass is 127. The van der Waals surface area contributed by atoms with Crippen molar-refractivity contribution < 1.29 is 0 Å². The molecule has 0 amide bonds. The molecule has 0 saturated carbocycles. The van der Waals surface area contributed by atoms with E-state index in [0.29, 0.717) is 4.47 Å². The van der Waals surface area contributed by atoms with Gasteiger partial charge in [0.2, 0.25) is 0 Å². The van der Waals surface area contributed by atoms with Crippen LogP contribution in [-0.4, -0.2) is 9.55 Å². The molecule has 0 radical (unpaired) electrons. The molecule has 1 aromatic heterocycles. The molecular formula is C11H8BrIN2O2. The third-order valence-electron chi connectivity index (χ3n) is 2.27. The average molecular weight is 407 g/mol. The summed E-state index contributed by atoms with van der Waals surface area (Å²) in [5.74, 6) is 0. The van der Waals surface area contributed by atoms with Crippen molar-refractivity contribution in [2.75, 3.05) is 0 Å². The Balaban J connectivity index is 2.43. The minimum atomic E-state index is -0.406. The fourth-order valence-corrected chi connectivity index (χ4v) is 2.09. The smallest absolute Gasteiger partial charge is 0.313 e. The number of benzene rings is 1. The summed E-state index contributed by atoms with van der Waals surface area (Å²) in [6.07, 6.45) is 1.36. The summed E-state index contributed by atoms with van der Waals surface area (Å²) in [5.41, 5.74) is 0.181. The van der Waals surface area contributed by atoms with Gasteiger partial charge in [0, 0.05) is 9.77 Å². The van der Waals surface area contributed by atoms with E-state index in [4.69, 9.17) is 0 Å². The Morgan fingerprint density at radius 1 is 1.24 bits per heavy atom. The standard InChI is InChI=1S/C11H8BrIN2O2/c12-9-5-14-11(17)15(10(9)16)6-7-1-3-8(13)4-2-7/h1-5H,6H2,(H,14,17). The molecule has 2 rings (SSSR count). The average Bonchev–Trinajstić information content (AvgIpc) is 2.32. The first-order valence-corrected chi connectivity index (χ1v) is 6.67. The van der Waals surface area contributed by atoms with Gasteiger partial charge >= 0.3 is 5.69 Å². The van der Waals surface area contributed by atoms with Crippen LogP contribution in [0.3, 0.4) is 0 Å². The predicted octanol–water partition coefficient (Wildman–Crippen LogP) is 1.95. The third kappa shape index (κ3) is 2.86. The maximum Gasteiger partial charge on any atom is 0.328 e. The summed E-state index contributed by atoms with van der Waals surface area (Å²) >= 11 is 5.30. The Bertz CT molecular complexity index is 646. The van der Waals surface area contributed by atoms with Gasteiger partial charge in [-0.25, -0.2) is 4.79 Å². The highest BCUT2D eigenvalue weighted by molar-refractivity contribution is 14.1. The van der Waals surface area contributed by atoms with E-state index >= 15 is 0 Å². The monoisotopic (exact) mass is 406 g/mol. The van der Waals surface area contributed by atoms with Crippen molar-refractivity contribution in [1.82, 2.24) is 9.55 Å². The highest BCUT2D eigenvalue weighted by Crippen LogP contribution is 2.07. The van der Waals surface area contributed by atoms with Gasteiger partial charge in [-0.15, -0.1) is 0 Å². The maximum atomic E-state index is 11.8. The molecule has 0 bridgehead atoms. The Hall–Kier alpha value is -0.890. The van der Waals surface area contributed by atoms with E-state index < -0.39 is 5.69 Å². The molecule has 0 spiro atoms. The zero-order chi connectivity index (χ0) is 12.4. The summed E-state index contributed by atoms with van der Waals surface area (Å²) < 4.78 is 2.62. The molecule has 88 valence electrons. The summed E-state index contributed by atoms with van der Waals surface area (Å²) in [6.45, 7) is 0.268. The molecule has 0 fully saturated rings. The van der Waals surface area contributed by atoms with E-state index in [0.717, 1.165) is 13.7 Å². The van der Waals surface area contributed by atoms with Crippen molar-refractivity contribution in [3.63, 3.8) is 0 Å². The zero-order valence-corrected chi connectivity index (χ0v) is 12.4. The summed E-state index contributed by atoms with van der Waals surface area (Å²) in [5, 5.41) is 0. The van der Waals surface area contributed by atoms with Crippen molar-refractivity contribution in [3.05, 3.63) is 64.9 Å². The molecular weight excluding hydrogens is 399 g/mol. The second-order valence-electron chi connectivity index (χ2n) is 3.46. The van der Waals surface area contributed by atoms with Gasteiger partial charge in [0.05, 0.1) is 11.0 Å². The van der Waals surface area contributed by atoms with Gasteiger partial charge in [0.25, 0.3) is 5.56 Å². The van der Waals surface area contributed by atoms with Gasteiger partial charge in [-0.3, -0.25) is 9.36 Å². The minimum Gasteiger partial charge on any atom is -0.313 e. The molecule has 17 heavy (non-hydrogen) atoms. The Morgan fingerprint density at radius 2 is 1.88 bits per heavy atom. The number of nitrogens with zero attached hydrogens (tertiary/aromatic N) is 1. The second-order valence-corrected chi connectivity index (χ2v) is 5.56. The number of halogens is 2. The summed E-state index contributed by atoms with van der Waals surface area (Å²) in [6, 6.07) is 7.67. The van der Waals surface area contributed by atoms with Gasteiger partial charge in [-0.2, -0.15) is 0 Å². The molecule has 1 aromatic carbocycles. The Morgan fingerprint density at radius 3 is 2.53 bits per heavy atom. The van der Waals surface area contributed by atoms with Crippen LogP contribution >= 0.6 is 38.5 Å². The van der Waals surface area contributed by atoms with E-state index in [9.17, 15) is 9.59 Å². The lowest BCUT2D eigenvalue weighted by molar-refractivity contribution is 0.694. The first-order chi connectivity index (χ1) is 8.08. The van der Waals surface area contributed by atoms with Crippen molar-refractivity contribution in [3.8, 4) is 0 Å². The van der Waals surface area contributed by atoms with Gasteiger partial charge in [0.1, 0.15) is 0 Å². The molecule has 0 unspecified atom stereocenters. The number of rotatable bonds is 2. The van der Waals surface area contributed by atoms with Gasteiger partial charge in [0.15, 0.2) is 0 Å². The first kappa shape index (κ1) is 12.6. The molecule has 0 saturated heterocycles. The number of H-pyrrole nitrogens is 1. The SMILES string of the molecule is O=c1[nH]cc(Br)c(=O)n1Cc1ccc(I)cc1. The molecule has 4 nitrogen and oxygen atoms in total. The molecule has 1 heterocycles. The van der Waals surface area contributed by atoms with E-state index in [2.05, 4.69) is 43.5 Å². The third-order valence-corrected chi connectivity index (χ3v) is 3.56. The largest absolute Gasteiger partial charge is 0.328 e. The fraction of sp³-hybridized carbons (Fsp3) is 0.0909. The highest BCUT2D eigenvalue weighted by Gasteiger charge is 2.05. The van der Waals surface area contributed by atoms with E-state index in [1.54, 1.807) is 0 Å². The Kier molecular flexibility index (Phi) is 3.82. The van der Waals surface area contributed by atoms with Gasteiger partial charge in [-0.05, 0) is 56.2 Å². The lowest BCUT2D eigenvalue weighted by atomic mass is 10.2. The van der Waals surface area contributed by atoms with Crippen LogP contribution in [0.5, 0.6) is 0 Å². The van der Waals surface area contributed by atoms with Crippen molar-refractivity contribution in [2.24, 2.45) is 0 Å². The summed E-state index contributed by atoms with van der Waals surface area (Å²) in [7, 11) is 0. The van der Waals surface area contributed by atoms with Crippen LogP contribution < -0.4 is 11.2 Å². The van der Waals surface area contributed by atoms with Crippen molar-refractivity contribution >= 4 is 38.5 Å². The molecule has 0 aliphatic rings. The molecule has 0 atom stereocenters. The molecule has 1 N–H and O–H groups in total. The number of aromatic nitrogens is 2. The van der Waals surface area contributed by atoms with Crippen LogP contribution in [0.25, 0.3) is 0 Å². The molecule has 6 heteroatoms. The normalized spacial score (nSPS) is 10.5. The number of nitrogens with one attached hydrogen (secondary N) is 1.